The zero-order valence-corrected chi connectivity index (χ0v) is 10.1. The molecule has 0 spiro atoms. The Bertz CT molecular complexity index is 787. The van der Waals surface area contributed by atoms with Gasteiger partial charge in [0.1, 0.15) is 18.1 Å². The first-order chi connectivity index (χ1) is 9.31. The van der Waals surface area contributed by atoms with Crippen LogP contribution >= 0.6 is 0 Å². The van der Waals surface area contributed by atoms with Crippen LogP contribution in [0.3, 0.4) is 0 Å². The van der Waals surface area contributed by atoms with Gasteiger partial charge < -0.3 is 4.74 Å². The Hall–Kier alpha value is -2.94. The van der Waals surface area contributed by atoms with E-state index in [0.29, 0.717) is 5.82 Å². The molecule has 1 aromatic carbocycles. The minimum atomic E-state index is 0.113. The van der Waals surface area contributed by atoms with Crippen molar-refractivity contribution in [3.63, 3.8) is 0 Å². The van der Waals surface area contributed by atoms with Gasteiger partial charge in [0.2, 0.25) is 0 Å². The fourth-order valence-electron chi connectivity index (χ4n) is 1.86. The van der Waals surface area contributed by atoms with Gasteiger partial charge in [-0.05, 0) is 23.6 Å². The lowest BCUT2D eigenvalue weighted by Crippen LogP contribution is -1.99. The average molecular weight is 251 g/mol. The number of pyridine rings is 1. The van der Waals surface area contributed by atoms with E-state index in [1.54, 1.807) is 13.3 Å². The second kappa shape index (κ2) is 4.38. The number of aromatic nitrogens is 4. The van der Waals surface area contributed by atoms with Crippen molar-refractivity contribution in [1.29, 1.82) is 5.26 Å². The molecule has 0 unspecified atom stereocenters. The van der Waals surface area contributed by atoms with Crippen LogP contribution in [-0.4, -0.2) is 26.9 Å². The van der Waals surface area contributed by atoms with Crippen molar-refractivity contribution < 1.29 is 4.74 Å². The summed E-state index contributed by atoms with van der Waals surface area (Å²) in [6.07, 6.45) is 3.16. The first-order valence-electron chi connectivity index (χ1n) is 5.57. The van der Waals surface area contributed by atoms with Crippen molar-refractivity contribution in [2.24, 2.45) is 0 Å². The van der Waals surface area contributed by atoms with Crippen LogP contribution in [-0.2, 0) is 0 Å². The molecule has 19 heavy (non-hydrogen) atoms. The van der Waals surface area contributed by atoms with Crippen molar-refractivity contribution in [3.8, 4) is 17.6 Å². The molecule has 3 aromatic rings. The Morgan fingerprint density at radius 3 is 2.89 bits per heavy atom. The summed E-state index contributed by atoms with van der Waals surface area (Å²) in [5.41, 5.74) is 0. The summed E-state index contributed by atoms with van der Waals surface area (Å²) in [4.78, 5) is 8.18. The summed E-state index contributed by atoms with van der Waals surface area (Å²) in [6, 6.07) is 9.50. The molecule has 0 N–H and O–H groups in total. The molecule has 3 rings (SSSR count). The topological polar surface area (TPSA) is 76.6 Å². The molecular weight excluding hydrogens is 242 g/mol. The molecule has 2 heterocycles. The van der Waals surface area contributed by atoms with Gasteiger partial charge >= 0.3 is 0 Å². The fourth-order valence-corrected chi connectivity index (χ4v) is 1.86. The van der Waals surface area contributed by atoms with Gasteiger partial charge in [0.25, 0.3) is 5.82 Å². The number of benzene rings is 1. The Labute approximate surface area is 108 Å². The van der Waals surface area contributed by atoms with Crippen LogP contribution in [0.2, 0.25) is 0 Å². The predicted molar refractivity (Wildman–Crippen MR) is 67.9 cm³/mol. The molecule has 0 amide bonds. The summed E-state index contributed by atoms with van der Waals surface area (Å²) < 4.78 is 6.70. The van der Waals surface area contributed by atoms with E-state index in [-0.39, 0.29) is 5.82 Å². The number of rotatable bonds is 2. The van der Waals surface area contributed by atoms with Crippen molar-refractivity contribution in [3.05, 3.63) is 42.6 Å². The molecule has 2 aromatic heterocycles. The van der Waals surface area contributed by atoms with Crippen LogP contribution in [0.15, 0.2) is 36.8 Å². The van der Waals surface area contributed by atoms with Crippen molar-refractivity contribution in [2.75, 3.05) is 7.11 Å². The zero-order valence-electron chi connectivity index (χ0n) is 10.1. The lowest BCUT2D eigenvalue weighted by atomic mass is 10.1. The van der Waals surface area contributed by atoms with Crippen LogP contribution in [0.4, 0.5) is 0 Å². The number of hydrogen-bond donors (Lipinski definition) is 0. The number of ether oxygens (including phenoxy) is 1. The molecule has 0 aliphatic heterocycles. The van der Waals surface area contributed by atoms with Crippen LogP contribution in [0, 0.1) is 11.3 Å². The van der Waals surface area contributed by atoms with Gasteiger partial charge in [-0.3, -0.25) is 0 Å². The number of hydrogen-bond acceptors (Lipinski definition) is 5. The van der Waals surface area contributed by atoms with Gasteiger partial charge in [0.05, 0.1) is 7.11 Å². The van der Waals surface area contributed by atoms with Gasteiger partial charge in [-0.1, -0.05) is 6.07 Å². The maximum Gasteiger partial charge on any atom is 0.252 e. The molecule has 0 aliphatic carbocycles. The molecule has 0 saturated carbocycles. The third-order valence-electron chi connectivity index (χ3n) is 2.76. The summed E-state index contributed by atoms with van der Waals surface area (Å²) in [5, 5.41) is 14.7. The molecule has 0 fully saturated rings. The number of nitriles is 1. The summed E-state index contributed by atoms with van der Waals surface area (Å²) >= 11 is 0. The van der Waals surface area contributed by atoms with Crippen molar-refractivity contribution in [1.82, 2.24) is 19.7 Å². The summed E-state index contributed by atoms with van der Waals surface area (Å²) in [5.74, 6) is 1.47. The van der Waals surface area contributed by atoms with Gasteiger partial charge in [0.15, 0.2) is 5.82 Å². The standard InChI is InChI=1S/C13H9N5O/c1-19-10-3-2-9-4-5-15-13(11(9)6-10)18-8-16-12(7-14)17-18/h2-6,8H,1H3. The van der Waals surface area contributed by atoms with Crippen LogP contribution in [0.1, 0.15) is 5.82 Å². The largest absolute Gasteiger partial charge is 0.497 e. The van der Waals surface area contributed by atoms with E-state index < -0.39 is 0 Å². The highest BCUT2D eigenvalue weighted by atomic mass is 16.5. The Kier molecular flexibility index (Phi) is 2.58. The summed E-state index contributed by atoms with van der Waals surface area (Å²) in [7, 11) is 1.61. The quantitative estimate of drug-likeness (QED) is 0.692. The van der Waals surface area contributed by atoms with Gasteiger partial charge in [-0.15, -0.1) is 5.10 Å². The van der Waals surface area contributed by atoms with E-state index in [0.717, 1.165) is 16.5 Å². The van der Waals surface area contributed by atoms with Gasteiger partial charge in [-0.25, -0.2) is 14.6 Å². The first-order valence-corrected chi connectivity index (χ1v) is 5.57. The molecule has 0 bridgehead atoms. The van der Waals surface area contributed by atoms with Crippen LogP contribution < -0.4 is 4.74 Å². The fraction of sp³-hybridized carbons (Fsp3) is 0.0769. The molecule has 0 radical (unpaired) electrons. The molecule has 0 saturated heterocycles. The second-order valence-corrected chi connectivity index (χ2v) is 3.85. The van der Waals surface area contributed by atoms with E-state index in [2.05, 4.69) is 15.1 Å². The highest BCUT2D eigenvalue weighted by Gasteiger charge is 2.08. The van der Waals surface area contributed by atoms with E-state index >= 15 is 0 Å². The smallest absolute Gasteiger partial charge is 0.252 e. The average Bonchev–Trinajstić information content (AvgIpc) is 2.94. The Morgan fingerprint density at radius 2 is 2.16 bits per heavy atom. The maximum atomic E-state index is 8.76. The van der Waals surface area contributed by atoms with E-state index in [9.17, 15) is 0 Å². The van der Waals surface area contributed by atoms with E-state index in [1.165, 1.54) is 11.0 Å². The molecule has 92 valence electrons. The maximum absolute atomic E-state index is 8.76. The van der Waals surface area contributed by atoms with Crippen molar-refractivity contribution in [2.45, 2.75) is 0 Å². The monoisotopic (exact) mass is 251 g/mol. The SMILES string of the molecule is COc1ccc2ccnc(-n3cnc(C#N)n3)c2c1. The number of methoxy groups -OCH3 is 1. The Morgan fingerprint density at radius 1 is 1.26 bits per heavy atom. The molecule has 0 atom stereocenters. The van der Waals surface area contributed by atoms with Crippen LogP contribution in [0.25, 0.3) is 16.6 Å². The third kappa shape index (κ3) is 1.87. The third-order valence-corrected chi connectivity index (χ3v) is 2.76. The lowest BCUT2D eigenvalue weighted by Gasteiger charge is -2.06. The number of fused-ring (bicyclic) bond motifs is 1. The minimum Gasteiger partial charge on any atom is -0.497 e. The zero-order chi connectivity index (χ0) is 13.2. The van der Waals surface area contributed by atoms with Crippen molar-refractivity contribution >= 4 is 10.8 Å². The lowest BCUT2D eigenvalue weighted by molar-refractivity contribution is 0.415. The second-order valence-electron chi connectivity index (χ2n) is 3.85. The summed E-state index contributed by atoms with van der Waals surface area (Å²) in [6.45, 7) is 0. The van der Waals surface area contributed by atoms with Crippen LogP contribution in [0.5, 0.6) is 5.75 Å². The molecule has 6 heteroatoms. The van der Waals surface area contributed by atoms with E-state index in [4.69, 9.17) is 10.00 Å². The normalized spacial score (nSPS) is 10.3. The van der Waals surface area contributed by atoms with Gasteiger partial charge in [-0.2, -0.15) is 5.26 Å². The number of nitrogens with zero attached hydrogens (tertiary/aromatic N) is 5. The highest BCUT2D eigenvalue weighted by Crippen LogP contribution is 2.24. The molecule has 6 nitrogen and oxygen atoms in total. The first kappa shape index (κ1) is 11.2. The van der Waals surface area contributed by atoms with Gasteiger partial charge in [0, 0.05) is 11.6 Å². The minimum absolute atomic E-state index is 0.113. The molecular formula is C13H9N5O. The highest BCUT2D eigenvalue weighted by molar-refractivity contribution is 5.89. The Balaban J connectivity index is 2.25. The molecule has 0 aliphatic rings. The predicted octanol–water partition coefficient (Wildman–Crippen LogP) is 1.70. The van der Waals surface area contributed by atoms with E-state index in [1.807, 2.05) is 30.3 Å².